The molecule has 1 saturated carbocycles. The first-order valence-corrected chi connectivity index (χ1v) is 12.3. The predicted molar refractivity (Wildman–Crippen MR) is 130 cm³/mol. The summed E-state index contributed by atoms with van der Waals surface area (Å²) in [6.45, 7) is 3.27. The third-order valence-electron chi connectivity index (χ3n) is 6.84. The lowest BCUT2D eigenvalue weighted by Crippen LogP contribution is -2.39. The highest BCUT2D eigenvalue weighted by atomic mass is 35.5. The summed E-state index contributed by atoms with van der Waals surface area (Å²) in [7, 11) is 0. The molecule has 6 nitrogen and oxygen atoms in total. The van der Waals surface area contributed by atoms with Gasteiger partial charge >= 0.3 is 6.03 Å². The number of nitrogens with zero attached hydrogens (tertiary/aromatic N) is 2. The Morgan fingerprint density at radius 2 is 2.00 bits per heavy atom. The van der Waals surface area contributed by atoms with Crippen molar-refractivity contribution < 1.29 is 9.18 Å². The molecule has 1 aromatic heterocycles. The number of urea groups is 1. The van der Waals surface area contributed by atoms with Crippen molar-refractivity contribution in [2.45, 2.75) is 63.5 Å². The lowest BCUT2D eigenvalue weighted by Gasteiger charge is -2.28. The number of carbonyl (C=O) groups is 1. The molecular formula is C25H33ClFN5O. The zero-order valence-corrected chi connectivity index (χ0v) is 19.7. The molecule has 1 atom stereocenters. The van der Waals surface area contributed by atoms with E-state index >= 15 is 0 Å². The number of rotatable bonds is 3. The Hall–Kier alpha value is -2.38. The van der Waals surface area contributed by atoms with Crippen molar-refractivity contribution >= 4 is 23.4 Å². The van der Waals surface area contributed by atoms with Crippen LogP contribution in [0, 0.1) is 5.82 Å². The first-order valence-electron chi connectivity index (χ1n) is 11.9. The zero-order chi connectivity index (χ0) is 23.2. The van der Waals surface area contributed by atoms with Crippen molar-refractivity contribution in [2.75, 3.05) is 25.0 Å². The minimum atomic E-state index is -0.339. The number of hydrogen-bond acceptors (Lipinski definition) is 4. The second-order valence-corrected chi connectivity index (χ2v) is 9.60. The SMILES string of the molecule is Fc1cc(C2CCNC2)ccc1Cl.NC(=O)N1CCc2cnc(NC3CCCCC3)cc2C1. The number of hydrogen-bond donors (Lipinski definition) is 3. The average molecular weight is 474 g/mol. The van der Waals surface area contributed by atoms with Gasteiger partial charge in [0.05, 0.1) is 5.02 Å². The van der Waals surface area contributed by atoms with Crippen LogP contribution in [0.15, 0.2) is 30.5 Å². The van der Waals surface area contributed by atoms with E-state index in [1.165, 1.54) is 43.2 Å². The van der Waals surface area contributed by atoms with Crippen LogP contribution in [-0.2, 0) is 13.0 Å². The number of aromatic nitrogens is 1. The molecule has 1 aliphatic carbocycles. The average Bonchev–Trinajstić information content (AvgIpc) is 3.36. The van der Waals surface area contributed by atoms with E-state index in [2.05, 4.69) is 21.7 Å². The van der Waals surface area contributed by atoms with Gasteiger partial charge in [-0.2, -0.15) is 0 Å². The smallest absolute Gasteiger partial charge is 0.315 e. The lowest BCUT2D eigenvalue weighted by molar-refractivity contribution is 0.202. The Morgan fingerprint density at radius 3 is 2.70 bits per heavy atom. The van der Waals surface area contributed by atoms with E-state index in [1.807, 2.05) is 12.3 Å². The second-order valence-electron chi connectivity index (χ2n) is 9.19. The van der Waals surface area contributed by atoms with Crippen molar-refractivity contribution in [3.63, 3.8) is 0 Å². The second kappa shape index (κ2) is 11.2. The summed E-state index contributed by atoms with van der Waals surface area (Å²) in [4.78, 5) is 17.5. The monoisotopic (exact) mass is 473 g/mol. The van der Waals surface area contributed by atoms with E-state index in [1.54, 1.807) is 17.0 Å². The van der Waals surface area contributed by atoms with Gasteiger partial charge in [-0.3, -0.25) is 0 Å². The topological polar surface area (TPSA) is 83.3 Å². The summed E-state index contributed by atoms with van der Waals surface area (Å²) in [5.41, 5.74) is 8.82. The van der Waals surface area contributed by atoms with E-state index in [9.17, 15) is 9.18 Å². The fraction of sp³-hybridized carbons (Fsp3) is 0.520. The molecule has 3 heterocycles. The minimum Gasteiger partial charge on any atom is -0.367 e. The normalized spacial score (nSPS) is 20.5. The maximum Gasteiger partial charge on any atom is 0.315 e. The van der Waals surface area contributed by atoms with Crippen molar-refractivity contribution in [1.82, 2.24) is 15.2 Å². The van der Waals surface area contributed by atoms with Crippen LogP contribution in [0.1, 0.15) is 61.1 Å². The summed E-state index contributed by atoms with van der Waals surface area (Å²) in [6, 6.07) is 7.37. The summed E-state index contributed by atoms with van der Waals surface area (Å²) in [5, 5.41) is 6.98. The predicted octanol–water partition coefficient (Wildman–Crippen LogP) is 4.82. The van der Waals surface area contributed by atoms with Crippen molar-refractivity contribution in [1.29, 1.82) is 0 Å². The standard InChI is InChI=1S/C15H22N4O.C10H11ClFN/c16-15(20)19-7-6-11-9-17-14(8-12(11)10-19)18-13-4-2-1-3-5-13;11-9-2-1-7(5-10(9)12)8-3-4-13-6-8/h8-9,13H,1-7,10H2,(H2,16,20)(H,17,18);1-2,5,8,13H,3-4,6H2. The molecular weight excluding hydrogens is 441 g/mol. The summed E-state index contributed by atoms with van der Waals surface area (Å²) in [6.07, 6.45) is 10.3. The van der Waals surface area contributed by atoms with Gasteiger partial charge in [-0.15, -0.1) is 0 Å². The zero-order valence-electron chi connectivity index (χ0n) is 19.0. The first kappa shape index (κ1) is 23.8. The quantitative estimate of drug-likeness (QED) is 0.596. The number of amides is 2. The van der Waals surface area contributed by atoms with Crippen LogP contribution in [0.5, 0.6) is 0 Å². The Kier molecular flexibility index (Phi) is 8.04. The fourth-order valence-corrected chi connectivity index (χ4v) is 4.98. The minimum absolute atomic E-state index is 0.203. The molecule has 8 heteroatoms. The lowest BCUT2D eigenvalue weighted by atomic mass is 9.95. The van der Waals surface area contributed by atoms with Crippen molar-refractivity contribution in [3.8, 4) is 0 Å². The molecule has 178 valence electrons. The van der Waals surface area contributed by atoms with Crippen LogP contribution >= 0.6 is 11.6 Å². The molecule has 0 spiro atoms. The highest BCUT2D eigenvalue weighted by Crippen LogP contribution is 2.26. The molecule has 2 amide bonds. The highest BCUT2D eigenvalue weighted by Gasteiger charge is 2.20. The first-order chi connectivity index (χ1) is 16.0. The number of anilines is 1. The number of nitrogens with two attached hydrogens (primary N) is 1. The van der Waals surface area contributed by atoms with Gasteiger partial charge in [0.1, 0.15) is 11.6 Å². The number of pyridine rings is 1. The van der Waals surface area contributed by atoms with Crippen LogP contribution in [0.25, 0.3) is 0 Å². The van der Waals surface area contributed by atoms with Gasteiger partial charge in [-0.25, -0.2) is 14.2 Å². The van der Waals surface area contributed by atoms with Crippen LogP contribution in [0.4, 0.5) is 15.0 Å². The molecule has 5 rings (SSSR count). The summed E-state index contributed by atoms with van der Waals surface area (Å²) >= 11 is 5.60. The van der Waals surface area contributed by atoms with E-state index < -0.39 is 0 Å². The van der Waals surface area contributed by atoms with Crippen molar-refractivity contribution in [2.24, 2.45) is 5.73 Å². The maximum absolute atomic E-state index is 13.1. The highest BCUT2D eigenvalue weighted by molar-refractivity contribution is 6.30. The number of carbonyl (C=O) groups excluding carboxylic acids is 1. The number of fused-ring (bicyclic) bond motifs is 1. The van der Waals surface area contributed by atoms with E-state index in [0.717, 1.165) is 37.3 Å². The number of benzene rings is 1. The Balaban J connectivity index is 0.000000172. The Bertz CT molecular complexity index is 960. The van der Waals surface area contributed by atoms with Crippen molar-refractivity contribution in [3.05, 3.63) is 58.0 Å². The number of primary amides is 1. The largest absolute Gasteiger partial charge is 0.367 e. The molecule has 1 unspecified atom stereocenters. The molecule has 3 aliphatic rings. The number of nitrogens with one attached hydrogen (secondary N) is 2. The van der Waals surface area contributed by atoms with Gasteiger partial charge in [0.2, 0.25) is 0 Å². The third-order valence-corrected chi connectivity index (χ3v) is 7.15. The fourth-order valence-electron chi connectivity index (χ4n) is 4.87. The van der Waals surface area contributed by atoms with Gasteiger partial charge in [0.15, 0.2) is 0 Å². The summed E-state index contributed by atoms with van der Waals surface area (Å²) in [5.74, 6) is 1.07. The number of halogens is 2. The molecule has 0 radical (unpaired) electrons. The third kappa shape index (κ3) is 6.36. The van der Waals surface area contributed by atoms with Crippen LogP contribution in [0.3, 0.4) is 0 Å². The van der Waals surface area contributed by atoms with Gasteiger partial charge < -0.3 is 21.3 Å². The molecule has 4 N–H and O–H groups in total. The Labute approximate surface area is 200 Å². The van der Waals surface area contributed by atoms with Gasteiger partial charge in [-0.05, 0) is 73.0 Å². The van der Waals surface area contributed by atoms with Gasteiger partial charge in [-0.1, -0.05) is 36.9 Å². The van der Waals surface area contributed by atoms with Crippen LogP contribution < -0.4 is 16.4 Å². The molecule has 0 bridgehead atoms. The molecule has 1 saturated heterocycles. The van der Waals surface area contributed by atoms with Gasteiger partial charge in [0, 0.05) is 31.9 Å². The van der Waals surface area contributed by atoms with Crippen LogP contribution in [0.2, 0.25) is 5.02 Å². The summed E-state index contributed by atoms with van der Waals surface area (Å²) < 4.78 is 13.1. The van der Waals surface area contributed by atoms with E-state index in [0.29, 0.717) is 25.0 Å². The molecule has 2 fully saturated rings. The molecule has 2 aliphatic heterocycles. The molecule has 2 aromatic rings. The molecule has 33 heavy (non-hydrogen) atoms. The maximum atomic E-state index is 13.1. The Morgan fingerprint density at radius 1 is 1.18 bits per heavy atom. The van der Waals surface area contributed by atoms with E-state index in [-0.39, 0.29) is 16.9 Å². The molecule has 1 aromatic carbocycles. The van der Waals surface area contributed by atoms with Crippen LogP contribution in [-0.4, -0.2) is 41.6 Å². The van der Waals surface area contributed by atoms with E-state index in [4.69, 9.17) is 17.3 Å². The van der Waals surface area contributed by atoms with Gasteiger partial charge in [0.25, 0.3) is 0 Å².